The van der Waals surface area contributed by atoms with Crippen LogP contribution in [-0.2, 0) is 0 Å². The lowest BCUT2D eigenvalue weighted by molar-refractivity contribution is -0.383. The number of ketones is 2. The van der Waals surface area contributed by atoms with Crippen molar-refractivity contribution < 1.29 is 18.9 Å². The number of benzene rings is 1. The minimum atomic E-state index is -0.603. The van der Waals surface area contributed by atoms with Gasteiger partial charge in [0.1, 0.15) is 0 Å². The number of allylic oxidation sites excluding steroid dienone is 2. The molecular weight excluding hydrogens is 238 g/mol. The maximum Gasteiger partial charge on any atom is 0.281 e. The van der Waals surface area contributed by atoms with Crippen molar-refractivity contribution in [2.24, 2.45) is 0 Å². The van der Waals surface area contributed by atoms with Crippen LogP contribution in [0.4, 0.5) is 5.69 Å². The van der Waals surface area contributed by atoms with E-state index in [-0.39, 0.29) is 33.6 Å². The first-order chi connectivity index (χ1) is 8.59. The number of carbonyl (C=O) groups is 2. The first kappa shape index (κ1) is 10.4. The van der Waals surface area contributed by atoms with Gasteiger partial charge in [0.2, 0.25) is 0 Å². The van der Waals surface area contributed by atoms with E-state index < -0.39 is 10.7 Å². The molecule has 0 unspecified atom stereocenters. The average molecular weight is 243 g/mol. The molecule has 1 aromatic carbocycles. The molecule has 0 saturated carbocycles. The van der Waals surface area contributed by atoms with Crippen LogP contribution in [0.15, 0.2) is 35.0 Å². The number of hydrogen-bond donors (Lipinski definition) is 0. The molecule has 0 bridgehead atoms. The largest absolute Gasteiger partial charge is 0.463 e. The Bertz CT molecular complexity index is 753. The maximum atomic E-state index is 11.8. The third-order valence-corrected chi connectivity index (χ3v) is 2.81. The summed E-state index contributed by atoms with van der Waals surface area (Å²) in [5, 5.41) is 11.2. The molecule has 2 aromatic rings. The predicted octanol–water partition coefficient (Wildman–Crippen LogP) is 2.28. The second-order valence-corrected chi connectivity index (χ2v) is 3.80. The van der Waals surface area contributed by atoms with Gasteiger partial charge in [-0.05, 0) is 18.2 Å². The number of hydrogen-bond acceptors (Lipinski definition) is 5. The van der Waals surface area contributed by atoms with Gasteiger partial charge in [-0.1, -0.05) is 0 Å². The monoisotopic (exact) mass is 243 g/mol. The van der Waals surface area contributed by atoms with Gasteiger partial charge in [-0.3, -0.25) is 19.7 Å². The van der Waals surface area contributed by atoms with Crippen LogP contribution >= 0.6 is 0 Å². The van der Waals surface area contributed by atoms with Crippen molar-refractivity contribution in [1.82, 2.24) is 0 Å². The Morgan fingerprint density at radius 2 is 1.89 bits per heavy atom. The van der Waals surface area contributed by atoms with E-state index in [0.717, 1.165) is 18.2 Å². The van der Waals surface area contributed by atoms with Crippen LogP contribution in [-0.4, -0.2) is 16.5 Å². The molecule has 1 aliphatic carbocycles. The topological polar surface area (TPSA) is 90.4 Å². The lowest BCUT2D eigenvalue weighted by Crippen LogP contribution is -2.12. The SMILES string of the molecule is O=C1C=CC(=O)c2c1cc([N+](=O)[O-])c1ccoc21. The molecule has 18 heavy (non-hydrogen) atoms. The number of non-ortho nitro benzene ring substituents is 1. The fourth-order valence-electron chi connectivity index (χ4n) is 2.03. The number of nitrogens with zero attached hydrogens (tertiary/aromatic N) is 1. The van der Waals surface area contributed by atoms with E-state index in [1.165, 1.54) is 12.3 Å². The molecule has 0 N–H and O–H groups in total. The average Bonchev–Trinajstić information content (AvgIpc) is 2.81. The number of fused-ring (bicyclic) bond motifs is 3. The lowest BCUT2D eigenvalue weighted by atomic mass is 9.92. The lowest BCUT2D eigenvalue weighted by Gasteiger charge is -2.09. The summed E-state index contributed by atoms with van der Waals surface area (Å²) in [7, 11) is 0. The molecule has 1 aliphatic rings. The molecule has 0 atom stereocenters. The van der Waals surface area contributed by atoms with Crippen molar-refractivity contribution in [2.45, 2.75) is 0 Å². The molecule has 0 fully saturated rings. The Hall–Kier alpha value is -2.76. The number of furan rings is 1. The fourth-order valence-corrected chi connectivity index (χ4v) is 2.03. The summed E-state index contributed by atoms with van der Waals surface area (Å²) >= 11 is 0. The highest BCUT2D eigenvalue weighted by Crippen LogP contribution is 2.34. The summed E-state index contributed by atoms with van der Waals surface area (Å²) in [5.74, 6) is -0.828. The molecule has 1 aromatic heterocycles. The molecule has 6 heteroatoms. The Labute approximate surface area is 99.6 Å². The minimum absolute atomic E-state index is 0.0108. The van der Waals surface area contributed by atoms with Crippen molar-refractivity contribution in [3.8, 4) is 0 Å². The van der Waals surface area contributed by atoms with Gasteiger partial charge in [0.25, 0.3) is 5.69 Å². The Balaban J connectivity index is 2.50. The summed E-state index contributed by atoms with van der Waals surface area (Å²) in [5.41, 5.74) is -0.0550. The van der Waals surface area contributed by atoms with Crippen molar-refractivity contribution in [1.29, 1.82) is 0 Å². The zero-order valence-corrected chi connectivity index (χ0v) is 8.88. The predicted molar refractivity (Wildman–Crippen MR) is 60.7 cm³/mol. The normalized spacial score (nSPS) is 14.0. The summed E-state index contributed by atoms with van der Waals surface area (Å²) in [6.07, 6.45) is 3.50. The van der Waals surface area contributed by atoms with Crippen LogP contribution in [0.3, 0.4) is 0 Å². The van der Waals surface area contributed by atoms with Gasteiger partial charge in [-0.25, -0.2) is 0 Å². The number of nitro benzene ring substituents is 1. The number of nitro groups is 1. The molecule has 88 valence electrons. The molecule has 1 heterocycles. The third kappa shape index (κ3) is 1.22. The van der Waals surface area contributed by atoms with Crippen molar-refractivity contribution >= 4 is 28.2 Å². The van der Waals surface area contributed by atoms with Crippen LogP contribution in [0.1, 0.15) is 20.7 Å². The first-order valence-electron chi connectivity index (χ1n) is 5.05. The summed E-state index contributed by atoms with van der Waals surface area (Å²) in [4.78, 5) is 33.8. The maximum absolute atomic E-state index is 11.8. The Morgan fingerprint density at radius 3 is 2.61 bits per heavy atom. The molecule has 0 saturated heterocycles. The zero-order valence-electron chi connectivity index (χ0n) is 8.88. The van der Waals surface area contributed by atoms with Crippen LogP contribution in [0, 0.1) is 10.1 Å². The van der Waals surface area contributed by atoms with Crippen molar-refractivity contribution in [3.05, 3.63) is 51.8 Å². The summed E-state index contributed by atoms with van der Waals surface area (Å²) in [6.45, 7) is 0. The second-order valence-electron chi connectivity index (χ2n) is 3.80. The van der Waals surface area contributed by atoms with Gasteiger partial charge in [0.15, 0.2) is 17.1 Å². The zero-order chi connectivity index (χ0) is 12.9. The van der Waals surface area contributed by atoms with E-state index in [2.05, 4.69) is 0 Å². The van der Waals surface area contributed by atoms with E-state index in [0.29, 0.717) is 0 Å². The van der Waals surface area contributed by atoms with Gasteiger partial charge in [-0.2, -0.15) is 0 Å². The molecule has 0 spiro atoms. The van der Waals surface area contributed by atoms with Crippen LogP contribution in [0.25, 0.3) is 11.0 Å². The van der Waals surface area contributed by atoms with Crippen LogP contribution < -0.4 is 0 Å². The number of carbonyl (C=O) groups excluding carboxylic acids is 2. The fraction of sp³-hybridized carbons (Fsp3) is 0. The second kappa shape index (κ2) is 3.36. The highest BCUT2D eigenvalue weighted by atomic mass is 16.6. The first-order valence-corrected chi connectivity index (χ1v) is 5.05. The van der Waals surface area contributed by atoms with E-state index in [1.54, 1.807) is 0 Å². The molecular formula is C12H5NO5. The molecule has 0 radical (unpaired) electrons. The van der Waals surface area contributed by atoms with Crippen LogP contribution in [0.5, 0.6) is 0 Å². The van der Waals surface area contributed by atoms with E-state index in [4.69, 9.17) is 4.42 Å². The van der Waals surface area contributed by atoms with Gasteiger partial charge in [0.05, 0.1) is 22.1 Å². The molecule has 0 amide bonds. The van der Waals surface area contributed by atoms with E-state index in [1.807, 2.05) is 0 Å². The highest BCUT2D eigenvalue weighted by Gasteiger charge is 2.28. The van der Waals surface area contributed by atoms with E-state index >= 15 is 0 Å². The number of rotatable bonds is 1. The van der Waals surface area contributed by atoms with Crippen LogP contribution in [0.2, 0.25) is 0 Å². The standard InChI is InChI=1S/C12H5NO5/c14-9-1-2-10(15)11-7(9)5-8(13(16)17)6-3-4-18-12(6)11/h1-5H. The highest BCUT2D eigenvalue weighted by molar-refractivity contribution is 6.26. The van der Waals surface area contributed by atoms with Crippen molar-refractivity contribution in [3.63, 3.8) is 0 Å². The summed E-state index contributed by atoms with van der Waals surface area (Å²) < 4.78 is 5.11. The van der Waals surface area contributed by atoms with Gasteiger partial charge < -0.3 is 4.42 Å². The Kier molecular flexibility index (Phi) is 1.94. The van der Waals surface area contributed by atoms with Gasteiger partial charge in [0, 0.05) is 11.6 Å². The Morgan fingerprint density at radius 1 is 1.17 bits per heavy atom. The summed E-state index contributed by atoms with van der Waals surface area (Å²) in [6, 6.07) is 2.53. The van der Waals surface area contributed by atoms with Gasteiger partial charge >= 0.3 is 0 Å². The van der Waals surface area contributed by atoms with Crippen molar-refractivity contribution in [2.75, 3.05) is 0 Å². The smallest absolute Gasteiger partial charge is 0.281 e. The minimum Gasteiger partial charge on any atom is -0.463 e. The molecule has 3 rings (SSSR count). The van der Waals surface area contributed by atoms with Gasteiger partial charge in [-0.15, -0.1) is 0 Å². The molecule has 0 aliphatic heterocycles. The quantitative estimate of drug-likeness (QED) is 0.566. The third-order valence-electron chi connectivity index (χ3n) is 2.81. The van der Waals surface area contributed by atoms with E-state index in [9.17, 15) is 19.7 Å². The molecule has 6 nitrogen and oxygen atoms in total.